The largest absolute Gasteiger partial charge is 0.435 e. The summed E-state index contributed by atoms with van der Waals surface area (Å²) in [5, 5.41) is 6.55. The van der Waals surface area contributed by atoms with Gasteiger partial charge in [-0.05, 0) is 38.1 Å². The third-order valence-electron chi connectivity index (χ3n) is 3.02. The van der Waals surface area contributed by atoms with Crippen LogP contribution in [-0.4, -0.2) is 23.4 Å². The van der Waals surface area contributed by atoms with E-state index in [9.17, 15) is 13.6 Å². The monoisotopic (exact) mass is 342 g/mol. The Kier molecular flexibility index (Phi) is 5.97. The van der Waals surface area contributed by atoms with Crippen LogP contribution >= 0.6 is 11.8 Å². The lowest BCUT2D eigenvalue weighted by atomic mass is 10.2. The first-order chi connectivity index (χ1) is 11.0. The molecule has 0 aliphatic carbocycles. The highest BCUT2D eigenvalue weighted by molar-refractivity contribution is 7.99. The summed E-state index contributed by atoms with van der Waals surface area (Å²) in [6.07, 6.45) is 0. The average Bonchev–Trinajstić information content (AvgIpc) is 2.80. The number of carbonyl (C=O) groups excluding carboxylic acids is 1. The van der Waals surface area contributed by atoms with E-state index in [0.29, 0.717) is 11.4 Å². The molecule has 8 heteroatoms. The van der Waals surface area contributed by atoms with Gasteiger partial charge < -0.3 is 14.6 Å². The molecule has 5 nitrogen and oxygen atoms in total. The van der Waals surface area contributed by atoms with Crippen LogP contribution in [0.5, 0.6) is 5.75 Å². The molecule has 1 aromatic heterocycles. The summed E-state index contributed by atoms with van der Waals surface area (Å²) in [5.41, 5.74) is 2.34. The Morgan fingerprint density at radius 2 is 2.04 bits per heavy atom. The molecule has 0 bridgehead atoms. The van der Waals surface area contributed by atoms with Gasteiger partial charge in [-0.3, -0.25) is 4.79 Å². The van der Waals surface area contributed by atoms with Crippen molar-refractivity contribution < 1.29 is 22.8 Å². The Bertz CT molecular complexity index is 640. The van der Waals surface area contributed by atoms with Gasteiger partial charge in [0.2, 0.25) is 5.91 Å². The second-order valence-electron chi connectivity index (χ2n) is 4.75. The number of aryl methyl sites for hydroxylation is 2. The zero-order chi connectivity index (χ0) is 16.8. The number of amides is 1. The number of halogens is 2. The van der Waals surface area contributed by atoms with Gasteiger partial charge in [0.15, 0.2) is 0 Å². The first-order valence-corrected chi connectivity index (χ1v) is 7.95. The molecule has 0 aliphatic heterocycles. The number of hydrogen-bond donors (Lipinski definition) is 1. The Hall–Kier alpha value is -2.09. The van der Waals surface area contributed by atoms with E-state index in [0.717, 1.165) is 17.0 Å². The molecule has 2 aromatic rings. The van der Waals surface area contributed by atoms with Crippen LogP contribution in [0.4, 0.5) is 14.5 Å². The molecule has 23 heavy (non-hydrogen) atoms. The number of aromatic nitrogens is 1. The Morgan fingerprint density at radius 3 is 2.61 bits per heavy atom. The van der Waals surface area contributed by atoms with E-state index in [-0.39, 0.29) is 17.4 Å². The summed E-state index contributed by atoms with van der Waals surface area (Å²) in [6.45, 7) is 0.824. The van der Waals surface area contributed by atoms with Gasteiger partial charge in [-0.2, -0.15) is 8.78 Å². The lowest BCUT2D eigenvalue weighted by molar-refractivity contribution is -0.113. The summed E-state index contributed by atoms with van der Waals surface area (Å²) in [6, 6.07) is 5.76. The van der Waals surface area contributed by atoms with Crippen LogP contribution < -0.4 is 10.1 Å². The molecular formula is C15H16F2N2O3S. The molecule has 1 aromatic carbocycles. The number of ether oxygens (including phenoxy) is 1. The molecule has 0 atom stereocenters. The summed E-state index contributed by atoms with van der Waals surface area (Å²) >= 11 is 1.44. The topological polar surface area (TPSA) is 64.4 Å². The fourth-order valence-corrected chi connectivity index (χ4v) is 2.85. The molecule has 0 fully saturated rings. The SMILES string of the molecule is Cc1noc(C)c1CSCC(=O)Nc1ccc(OC(F)F)cc1. The van der Waals surface area contributed by atoms with Crippen molar-refractivity contribution in [2.75, 3.05) is 11.1 Å². The van der Waals surface area contributed by atoms with Crippen LogP contribution in [0.1, 0.15) is 17.0 Å². The van der Waals surface area contributed by atoms with Gasteiger partial charge in [-0.1, -0.05) is 5.16 Å². The van der Waals surface area contributed by atoms with Crippen LogP contribution in [0.15, 0.2) is 28.8 Å². The quantitative estimate of drug-likeness (QED) is 0.830. The summed E-state index contributed by atoms with van der Waals surface area (Å²) in [7, 11) is 0. The number of nitrogens with one attached hydrogen (secondary N) is 1. The molecule has 0 aliphatic rings. The Morgan fingerprint density at radius 1 is 1.35 bits per heavy atom. The molecule has 0 radical (unpaired) electrons. The zero-order valence-electron chi connectivity index (χ0n) is 12.6. The lowest BCUT2D eigenvalue weighted by Crippen LogP contribution is -2.14. The maximum atomic E-state index is 12.0. The van der Waals surface area contributed by atoms with E-state index >= 15 is 0 Å². The van der Waals surface area contributed by atoms with E-state index in [4.69, 9.17) is 4.52 Å². The summed E-state index contributed by atoms with van der Waals surface area (Å²) in [5.74, 6) is 1.52. The molecule has 1 heterocycles. The number of rotatable bonds is 7. The third-order valence-corrected chi connectivity index (χ3v) is 3.98. The number of nitrogens with zero attached hydrogens (tertiary/aromatic N) is 1. The van der Waals surface area contributed by atoms with E-state index in [2.05, 4.69) is 15.2 Å². The third kappa shape index (κ3) is 5.24. The molecule has 0 saturated carbocycles. The standard InChI is InChI=1S/C15H16F2N2O3S/c1-9-13(10(2)22-19-9)7-23-8-14(20)18-11-3-5-12(6-4-11)21-15(16)17/h3-6,15H,7-8H2,1-2H3,(H,18,20). The number of alkyl halides is 2. The second kappa shape index (κ2) is 7.96. The first-order valence-electron chi connectivity index (χ1n) is 6.80. The molecule has 0 saturated heterocycles. The van der Waals surface area contributed by atoms with Crippen molar-refractivity contribution in [2.45, 2.75) is 26.2 Å². The van der Waals surface area contributed by atoms with E-state index in [1.54, 1.807) is 0 Å². The second-order valence-corrected chi connectivity index (χ2v) is 5.73. The van der Waals surface area contributed by atoms with Gasteiger partial charge in [0, 0.05) is 17.0 Å². The molecule has 2 rings (SSSR count). The average molecular weight is 342 g/mol. The van der Waals surface area contributed by atoms with Gasteiger partial charge >= 0.3 is 6.61 Å². The van der Waals surface area contributed by atoms with Gasteiger partial charge in [0.25, 0.3) is 0 Å². The molecule has 124 valence electrons. The van der Waals surface area contributed by atoms with Crippen LogP contribution in [0, 0.1) is 13.8 Å². The van der Waals surface area contributed by atoms with E-state index in [1.807, 2.05) is 13.8 Å². The number of carbonyl (C=O) groups is 1. The van der Waals surface area contributed by atoms with Crippen molar-refractivity contribution in [3.63, 3.8) is 0 Å². The van der Waals surface area contributed by atoms with Crippen molar-refractivity contribution in [3.8, 4) is 5.75 Å². The molecule has 0 unspecified atom stereocenters. The highest BCUT2D eigenvalue weighted by atomic mass is 32.2. The van der Waals surface area contributed by atoms with Gasteiger partial charge in [-0.25, -0.2) is 0 Å². The van der Waals surface area contributed by atoms with Crippen molar-refractivity contribution in [1.29, 1.82) is 0 Å². The summed E-state index contributed by atoms with van der Waals surface area (Å²) < 4.78 is 33.4. The Balaban J connectivity index is 1.78. The van der Waals surface area contributed by atoms with Crippen molar-refractivity contribution in [1.82, 2.24) is 5.16 Å². The fourth-order valence-electron chi connectivity index (χ4n) is 1.87. The normalized spacial score (nSPS) is 10.8. The minimum Gasteiger partial charge on any atom is -0.435 e. The smallest absolute Gasteiger partial charge is 0.387 e. The van der Waals surface area contributed by atoms with Gasteiger partial charge in [-0.15, -0.1) is 11.8 Å². The van der Waals surface area contributed by atoms with Crippen LogP contribution in [0.2, 0.25) is 0 Å². The Labute approximate surface area is 136 Å². The minimum absolute atomic E-state index is 0.0470. The maximum absolute atomic E-state index is 12.0. The lowest BCUT2D eigenvalue weighted by Gasteiger charge is -2.07. The molecular weight excluding hydrogens is 326 g/mol. The molecule has 1 N–H and O–H groups in total. The zero-order valence-corrected chi connectivity index (χ0v) is 13.5. The predicted molar refractivity (Wildman–Crippen MR) is 83.8 cm³/mol. The van der Waals surface area contributed by atoms with Crippen LogP contribution in [-0.2, 0) is 10.5 Å². The van der Waals surface area contributed by atoms with Crippen molar-refractivity contribution in [3.05, 3.63) is 41.3 Å². The highest BCUT2D eigenvalue weighted by Gasteiger charge is 2.10. The van der Waals surface area contributed by atoms with Crippen LogP contribution in [0.3, 0.4) is 0 Å². The predicted octanol–water partition coefficient (Wildman–Crippen LogP) is 3.76. The van der Waals surface area contributed by atoms with Crippen molar-refractivity contribution >= 4 is 23.4 Å². The van der Waals surface area contributed by atoms with Gasteiger partial charge in [0.1, 0.15) is 11.5 Å². The highest BCUT2D eigenvalue weighted by Crippen LogP contribution is 2.20. The number of benzene rings is 1. The van der Waals surface area contributed by atoms with E-state index in [1.165, 1.54) is 36.0 Å². The minimum atomic E-state index is -2.86. The summed E-state index contributed by atoms with van der Waals surface area (Å²) in [4.78, 5) is 11.9. The number of hydrogen-bond acceptors (Lipinski definition) is 5. The van der Waals surface area contributed by atoms with Gasteiger partial charge in [0.05, 0.1) is 11.4 Å². The maximum Gasteiger partial charge on any atom is 0.387 e. The number of anilines is 1. The molecule has 1 amide bonds. The molecule has 0 spiro atoms. The first kappa shape index (κ1) is 17.3. The van der Waals surface area contributed by atoms with E-state index < -0.39 is 6.61 Å². The number of thioether (sulfide) groups is 1. The fraction of sp³-hybridized carbons (Fsp3) is 0.333. The van der Waals surface area contributed by atoms with Crippen LogP contribution in [0.25, 0.3) is 0 Å². The van der Waals surface area contributed by atoms with Crippen molar-refractivity contribution in [2.24, 2.45) is 0 Å².